The first-order valence-electron chi connectivity index (χ1n) is 7.04. The van der Waals surface area contributed by atoms with Crippen LogP contribution in [0.3, 0.4) is 0 Å². The molecule has 116 valence electrons. The summed E-state index contributed by atoms with van der Waals surface area (Å²) in [4.78, 5) is 23.6. The molecule has 6 heteroatoms. The van der Waals surface area contributed by atoms with E-state index in [1.54, 1.807) is 0 Å². The molecule has 1 saturated heterocycles. The van der Waals surface area contributed by atoms with Gasteiger partial charge >= 0.3 is 5.97 Å². The largest absolute Gasteiger partial charge is 0.469 e. The second kappa shape index (κ2) is 5.85. The number of rotatable bonds is 5. The van der Waals surface area contributed by atoms with Crippen LogP contribution in [0.15, 0.2) is 0 Å². The Morgan fingerprint density at radius 2 is 1.95 bits per heavy atom. The van der Waals surface area contributed by atoms with Crippen LogP contribution in [0, 0.1) is 17.3 Å². The highest BCUT2D eigenvalue weighted by molar-refractivity contribution is 5.99. The highest BCUT2D eigenvalue weighted by Gasteiger charge is 2.60. The Bertz CT molecular complexity index is 391. The number of methoxy groups -OCH3 is 1. The van der Waals surface area contributed by atoms with Gasteiger partial charge in [0, 0.05) is 0 Å². The van der Waals surface area contributed by atoms with Gasteiger partial charge in [-0.15, -0.1) is 0 Å². The Kier molecular flexibility index (Phi) is 5.02. The van der Waals surface area contributed by atoms with Crippen molar-refractivity contribution in [2.45, 2.75) is 52.7 Å². The summed E-state index contributed by atoms with van der Waals surface area (Å²) < 4.78 is 10.7. The van der Waals surface area contributed by atoms with Crippen molar-refractivity contribution in [3.05, 3.63) is 0 Å². The minimum atomic E-state index is -0.555. The SMILES string of the molecule is COC(=O)C[C@H]1NC(=O)[C@@H]1[C@](O[SiH3])(C(C)C)C(C)(C)C. The maximum Gasteiger partial charge on any atom is 0.307 e. The number of esters is 1. The van der Waals surface area contributed by atoms with Gasteiger partial charge in [0.2, 0.25) is 5.91 Å². The smallest absolute Gasteiger partial charge is 0.307 e. The third kappa shape index (κ3) is 2.63. The van der Waals surface area contributed by atoms with Gasteiger partial charge in [-0.3, -0.25) is 9.59 Å². The van der Waals surface area contributed by atoms with Crippen molar-refractivity contribution in [3.8, 4) is 0 Å². The monoisotopic (exact) mass is 301 g/mol. The van der Waals surface area contributed by atoms with Crippen molar-refractivity contribution in [2.75, 3.05) is 7.11 Å². The molecule has 1 fully saturated rings. The molecule has 1 rings (SSSR count). The second-order valence-corrected chi connectivity index (χ2v) is 7.18. The molecule has 0 aliphatic carbocycles. The number of amides is 1. The number of ether oxygens (including phenoxy) is 1. The van der Waals surface area contributed by atoms with Crippen molar-refractivity contribution in [2.24, 2.45) is 17.3 Å². The summed E-state index contributed by atoms with van der Waals surface area (Å²) in [5.41, 5.74) is -0.750. The standard InChI is InChI=1S/C14H27NO4Si/c1-8(2)14(19-20,13(3,4)5)11-9(15-12(11)17)7-10(16)18-6/h8-9,11H,7H2,1-6,20H3,(H,15,17)/t9-,11-,14-/m1/s1. The average molecular weight is 301 g/mol. The van der Waals surface area contributed by atoms with Gasteiger partial charge in [-0.05, 0) is 11.3 Å². The normalized spacial score (nSPS) is 25.9. The van der Waals surface area contributed by atoms with Crippen LogP contribution in [0.1, 0.15) is 41.0 Å². The molecule has 3 atom stereocenters. The topological polar surface area (TPSA) is 64.6 Å². The van der Waals surface area contributed by atoms with Crippen LogP contribution in [-0.2, 0) is 18.8 Å². The van der Waals surface area contributed by atoms with Crippen LogP contribution >= 0.6 is 0 Å². The minimum absolute atomic E-state index is 0.0293. The van der Waals surface area contributed by atoms with Gasteiger partial charge < -0.3 is 14.5 Å². The molecule has 1 amide bonds. The highest BCUT2D eigenvalue weighted by Crippen LogP contribution is 2.49. The molecule has 0 spiro atoms. The lowest BCUT2D eigenvalue weighted by Crippen LogP contribution is -2.72. The van der Waals surface area contributed by atoms with Gasteiger partial charge in [0.05, 0.1) is 31.1 Å². The molecule has 5 nitrogen and oxygen atoms in total. The Morgan fingerprint density at radius 3 is 2.25 bits per heavy atom. The van der Waals surface area contributed by atoms with E-state index >= 15 is 0 Å². The summed E-state index contributed by atoms with van der Waals surface area (Å²) in [5, 5.41) is 2.82. The fraction of sp³-hybridized carbons (Fsp3) is 0.857. The third-order valence-corrected chi connectivity index (χ3v) is 5.13. The predicted octanol–water partition coefficient (Wildman–Crippen LogP) is 0.402. The molecule has 0 saturated carbocycles. The van der Waals surface area contributed by atoms with E-state index in [1.807, 2.05) is 0 Å². The third-order valence-electron chi connectivity index (χ3n) is 4.46. The van der Waals surface area contributed by atoms with Crippen molar-refractivity contribution >= 4 is 22.4 Å². The van der Waals surface area contributed by atoms with Gasteiger partial charge in [0.15, 0.2) is 0 Å². The van der Waals surface area contributed by atoms with E-state index in [0.717, 1.165) is 0 Å². The first kappa shape index (κ1) is 17.2. The summed E-state index contributed by atoms with van der Waals surface area (Å²) in [7, 11) is 1.91. The zero-order valence-electron chi connectivity index (χ0n) is 13.6. The molecular weight excluding hydrogens is 274 g/mol. The summed E-state index contributed by atoms with van der Waals surface area (Å²) in [5.74, 6) is -0.464. The number of hydrogen-bond donors (Lipinski definition) is 1. The summed E-state index contributed by atoms with van der Waals surface area (Å²) >= 11 is 0. The number of carbonyl (C=O) groups excluding carboxylic acids is 2. The predicted molar refractivity (Wildman–Crippen MR) is 80.1 cm³/mol. The molecule has 0 radical (unpaired) electrons. The van der Waals surface area contributed by atoms with Gasteiger partial charge in [-0.2, -0.15) is 0 Å². The number of nitrogens with one attached hydrogen (secondary N) is 1. The molecule has 0 aromatic carbocycles. The lowest BCUT2D eigenvalue weighted by Gasteiger charge is -2.57. The van der Waals surface area contributed by atoms with Crippen molar-refractivity contribution in [3.63, 3.8) is 0 Å². The molecule has 20 heavy (non-hydrogen) atoms. The maximum atomic E-state index is 12.1. The van der Waals surface area contributed by atoms with Gasteiger partial charge in [0.25, 0.3) is 0 Å². The molecule has 0 unspecified atom stereocenters. The van der Waals surface area contributed by atoms with Crippen LogP contribution in [0.2, 0.25) is 0 Å². The molecule has 1 N–H and O–H groups in total. The van der Waals surface area contributed by atoms with Crippen LogP contribution < -0.4 is 5.32 Å². The van der Waals surface area contributed by atoms with Crippen molar-refractivity contribution < 1.29 is 18.8 Å². The lowest BCUT2D eigenvalue weighted by molar-refractivity contribution is -0.174. The van der Waals surface area contributed by atoms with E-state index in [-0.39, 0.29) is 41.6 Å². The maximum absolute atomic E-state index is 12.1. The summed E-state index contributed by atoms with van der Waals surface area (Å²) in [6, 6.07) is -0.203. The fourth-order valence-electron chi connectivity index (χ4n) is 3.73. The Hall–Kier alpha value is -0.883. The molecule has 0 aromatic rings. The highest BCUT2D eigenvalue weighted by atomic mass is 28.2. The fourth-order valence-corrected chi connectivity index (χ4v) is 5.07. The Morgan fingerprint density at radius 1 is 1.40 bits per heavy atom. The van der Waals surface area contributed by atoms with Gasteiger partial charge in [0.1, 0.15) is 10.5 Å². The number of β-lactam (4-membered cyclic amide) rings is 1. The minimum Gasteiger partial charge on any atom is -0.469 e. The average Bonchev–Trinajstić information content (AvgIpc) is 2.32. The molecule has 1 aliphatic heterocycles. The van der Waals surface area contributed by atoms with E-state index in [2.05, 4.69) is 39.9 Å². The van der Waals surface area contributed by atoms with Gasteiger partial charge in [-0.1, -0.05) is 34.6 Å². The Balaban J connectivity index is 3.13. The lowest BCUT2D eigenvalue weighted by atomic mass is 9.58. The molecule has 0 aromatic heterocycles. The first-order chi connectivity index (χ1) is 9.11. The molecule has 1 aliphatic rings. The van der Waals surface area contributed by atoms with Crippen molar-refractivity contribution in [1.29, 1.82) is 0 Å². The molecular formula is C14H27NO4Si. The van der Waals surface area contributed by atoms with Crippen LogP contribution in [0.5, 0.6) is 0 Å². The van der Waals surface area contributed by atoms with E-state index in [1.165, 1.54) is 7.11 Å². The number of carbonyl (C=O) groups is 2. The van der Waals surface area contributed by atoms with Crippen molar-refractivity contribution in [1.82, 2.24) is 5.32 Å². The van der Waals surface area contributed by atoms with Gasteiger partial charge in [-0.25, -0.2) is 0 Å². The van der Waals surface area contributed by atoms with Crippen LogP contribution in [0.4, 0.5) is 0 Å². The summed E-state index contributed by atoms with van der Waals surface area (Å²) in [6.45, 7) is 10.4. The first-order valence-corrected chi connectivity index (χ1v) is 7.85. The van der Waals surface area contributed by atoms with E-state index in [0.29, 0.717) is 10.5 Å². The zero-order valence-corrected chi connectivity index (χ0v) is 15.6. The molecule has 1 heterocycles. The van der Waals surface area contributed by atoms with E-state index in [4.69, 9.17) is 9.16 Å². The van der Waals surface area contributed by atoms with E-state index in [9.17, 15) is 9.59 Å². The van der Waals surface area contributed by atoms with Crippen LogP contribution in [-0.4, -0.2) is 41.1 Å². The zero-order chi connectivity index (χ0) is 15.7. The summed E-state index contributed by atoms with van der Waals surface area (Å²) in [6.07, 6.45) is 0.197. The second-order valence-electron chi connectivity index (χ2n) is 6.77. The van der Waals surface area contributed by atoms with E-state index < -0.39 is 5.60 Å². The Labute approximate surface area is 124 Å². The molecule has 0 bridgehead atoms. The number of hydrogen-bond acceptors (Lipinski definition) is 4. The van der Waals surface area contributed by atoms with Crippen LogP contribution in [0.25, 0.3) is 0 Å². The quantitative estimate of drug-likeness (QED) is 0.454.